The van der Waals surface area contributed by atoms with E-state index in [1.54, 1.807) is 29.4 Å². The molecule has 1 N–H and O–H groups in total. The molecule has 1 fully saturated rings. The average Bonchev–Trinajstić information content (AvgIpc) is 3.20. The lowest BCUT2D eigenvalue weighted by molar-refractivity contribution is -0.137. The lowest BCUT2D eigenvalue weighted by Gasteiger charge is -2.34. The first-order valence-electron chi connectivity index (χ1n) is 11.4. The quantitative estimate of drug-likeness (QED) is 0.582. The van der Waals surface area contributed by atoms with Crippen LogP contribution in [0.15, 0.2) is 28.3 Å². The largest absolute Gasteiger partial charge is 0.339 e. The van der Waals surface area contributed by atoms with E-state index >= 15 is 0 Å². The van der Waals surface area contributed by atoms with Gasteiger partial charge in [0.05, 0.1) is 23.0 Å². The average molecular weight is 479 g/mol. The number of anilines is 2. The molecule has 1 amide bonds. The zero-order valence-electron chi connectivity index (χ0n) is 18.8. The molecule has 1 saturated heterocycles. The summed E-state index contributed by atoms with van der Waals surface area (Å²) in [5.74, 6) is 1.33. The summed E-state index contributed by atoms with van der Waals surface area (Å²) < 4.78 is 0. The fourth-order valence-electron chi connectivity index (χ4n) is 4.99. The topological polar surface area (TPSA) is 73.7 Å². The SMILES string of the molecule is CSc1cc2c(cc1Nc1ncnc3sc4c(c13)CCN(C(=O)C1CCN(C)CC1)C4)=CN=2. The van der Waals surface area contributed by atoms with Gasteiger partial charge in [-0.2, -0.15) is 0 Å². The van der Waals surface area contributed by atoms with Gasteiger partial charge in [-0.05, 0) is 63.4 Å². The molecule has 0 spiro atoms. The molecule has 6 rings (SSSR count). The molecule has 3 aromatic rings. The van der Waals surface area contributed by atoms with E-state index in [9.17, 15) is 4.79 Å². The second-order valence-electron chi connectivity index (χ2n) is 8.99. The van der Waals surface area contributed by atoms with Crippen molar-refractivity contribution in [3.05, 3.63) is 39.5 Å². The zero-order chi connectivity index (χ0) is 22.5. The minimum absolute atomic E-state index is 0.165. The fraction of sp³-hybridized carbons (Fsp3) is 0.417. The van der Waals surface area contributed by atoms with Crippen molar-refractivity contribution in [3.63, 3.8) is 0 Å². The van der Waals surface area contributed by atoms with Gasteiger partial charge in [0.25, 0.3) is 0 Å². The third-order valence-electron chi connectivity index (χ3n) is 6.96. The van der Waals surface area contributed by atoms with E-state index in [0.717, 1.165) is 76.1 Å². The number of piperidine rings is 1. The van der Waals surface area contributed by atoms with Crippen LogP contribution in [0.1, 0.15) is 23.3 Å². The standard InChI is InChI=1S/C24H26N6OS2/c1-29-6-3-14(4-7-29)24(31)30-8-5-16-20(12-30)33-23-21(16)22(26-13-27-23)28-18-9-15-11-25-17(15)10-19(18)32-2/h9-11,13-14H,3-8,12H2,1-2H3,(H,26,27,28). The summed E-state index contributed by atoms with van der Waals surface area (Å²) in [6.45, 7) is 3.47. The van der Waals surface area contributed by atoms with Gasteiger partial charge in [0.2, 0.25) is 5.91 Å². The summed E-state index contributed by atoms with van der Waals surface area (Å²) in [5.41, 5.74) is 2.34. The van der Waals surface area contributed by atoms with Crippen LogP contribution in [-0.2, 0) is 17.8 Å². The Morgan fingerprint density at radius 1 is 1.21 bits per heavy atom. The van der Waals surface area contributed by atoms with Crippen molar-refractivity contribution in [2.75, 3.05) is 38.3 Å². The second kappa shape index (κ2) is 8.38. The van der Waals surface area contributed by atoms with Gasteiger partial charge < -0.3 is 15.1 Å². The predicted molar refractivity (Wildman–Crippen MR) is 134 cm³/mol. The Morgan fingerprint density at radius 3 is 2.82 bits per heavy atom. The van der Waals surface area contributed by atoms with Gasteiger partial charge in [0.1, 0.15) is 17.0 Å². The molecule has 2 aromatic heterocycles. The van der Waals surface area contributed by atoms with Crippen molar-refractivity contribution in [3.8, 4) is 0 Å². The van der Waals surface area contributed by atoms with Gasteiger partial charge in [-0.3, -0.25) is 9.79 Å². The molecule has 0 aliphatic carbocycles. The highest BCUT2D eigenvalue weighted by molar-refractivity contribution is 7.98. The van der Waals surface area contributed by atoms with Crippen LogP contribution in [-0.4, -0.2) is 58.6 Å². The van der Waals surface area contributed by atoms with Gasteiger partial charge in [-0.1, -0.05) is 0 Å². The Morgan fingerprint density at radius 2 is 2.06 bits per heavy atom. The molecule has 1 aromatic carbocycles. The van der Waals surface area contributed by atoms with E-state index in [-0.39, 0.29) is 5.92 Å². The normalized spacial score (nSPS) is 18.2. The summed E-state index contributed by atoms with van der Waals surface area (Å²) in [6.07, 6.45) is 8.38. The molecule has 3 aliphatic heterocycles. The molecule has 3 aliphatic rings. The Balaban J connectivity index is 1.29. The number of benzene rings is 1. The summed E-state index contributed by atoms with van der Waals surface area (Å²) in [7, 11) is 2.13. The number of hydrogen-bond donors (Lipinski definition) is 1. The first-order valence-corrected chi connectivity index (χ1v) is 13.4. The molecule has 0 atom stereocenters. The molecule has 5 heterocycles. The van der Waals surface area contributed by atoms with Crippen molar-refractivity contribution >= 4 is 56.9 Å². The van der Waals surface area contributed by atoms with Gasteiger partial charge in [0.15, 0.2) is 0 Å². The maximum absolute atomic E-state index is 13.2. The van der Waals surface area contributed by atoms with E-state index < -0.39 is 0 Å². The van der Waals surface area contributed by atoms with E-state index in [0.29, 0.717) is 12.5 Å². The maximum Gasteiger partial charge on any atom is 0.226 e. The van der Waals surface area contributed by atoms with Gasteiger partial charge >= 0.3 is 0 Å². The Hall–Kier alpha value is -2.49. The molecule has 170 valence electrons. The van der Waals surface area contributed by atoms with Crippen LogP contribution in [0.3, 0.4) is 0 Å². The number of nitrogens with one attached hydrogen (secondary N) is 1. The summed E-state index contributed by atoms with van der Waals surface area (Å²) in [4.78, 5) is 34.5. The molecule has 7 nitrogen and oxygen atoms in total. The number of thiophene rings is 1. The van der Waals surface area contributed by atoms with E-state index in [1.165, 1.54) is 10.4 Å². The molecular formula is C24H26N6OS2. The lowest BCUT2D eigenvalue weighted by Crippen LogP contribution is -2.43. The van der Waals surface area contributed by atoms with Crippen LogP contribution >= 0.6 is 23.1 Å². The van der Waals surface area contributed by atoms with E-state index in [4.69, 9.17) is 0 Å². The second-order valence-corrected chi connectivity index (χ2v) is 10.9. The Labute approximate surface area is 200 Å². The van der Waals surface area contributed by atoms with Crippen LogP contribution in [0.4, 0.5) is 11.5 Å². The first-order chi connectivity index (χ1) is 16.1. The number of fused-ring (bicyclic) bond motifs is 4. The minimum atomic E-state index is 0.165. The van der Waals surface area contributed by atoms with E-state index in [1.807, 2.05) is 6.20 Å². The molecule has 0 bridgehead atoms. The molecule has 0 radical (unpaired) electrons. The van der Waals surface area contributed by atoms with Crippen LogP contribution in [0, 0.1) is 5.92 Å². The Bertz CT molecular complexity index is 1380. The number of amides is 1. The van der Waals surface area contributed by atoms with Crippen LogP contribution < -0.4 is 15.9 Å². The van der Waals surface area contributed by atoms with Crippen LogP contribution in [0.5, 0.6) is 0 Å². The predicted octanol–water partition coefficient (Wildman–Crippen LogP) is 2.75. The van der Waals surface area contributed by atoms with Gasteiger partial charge in [0, 0.05) is 33.7 Å². The highest BCUT2D eigenvalue weighted by Gasteiger charge is 2.31. The number of rotatable bonds is 4. The number of carbonyl (C=O) groups is 1. The van der Waals surface area contributed by atoms with Gasteiger partial charge in [-0.25, -0.2) is 9.97 Å². The molecule has 9 heteroatoms. The van der Waals surface area contributed by atoms with Crippen molar-refractivity contribution in [1.82, 2.24) is 19.8 Å². The Kier molecular flexibility index (Phi) is 5.35. The van der Waals surface area contributed by atoms with Crippen LogP contribution in [0.2, 0.25) is 0 Å². The number of thioether (sulfide) groups is 1. The third kappa shape index (κ3) is 3.72. The first kappa shape index (κ1) is 21.1. The molecule has 0 saturated carbocycles. The van der Waals surface area contributed by atoms with Crippen molar-refractivity contribution in [2.24, 2.45) is 10.9 Å². The van der Waals surface area contributed by atoms with Crippen molar-refractivity contribution < 1.29 is 4.79 Å². The monoisotopic (exact) mass is 478 g/mol. The summed E-state index contributed by atoms with van der Waals surface area (Å²) in [6, 6.07) is 4.26. The number of carbonyl (C=O) groups excluding carboxylic acids is 1. The fourth-order valence-corrected chi connectivity index (χ4v) is 6.75. The van der Waals surface area contributed by atoms with E-state index in [2.05, 4.69) is 55.5 Å². The number of likely N-dealkylation sites (tertiary alicyclic amines) is 1. The van der Waals surface area contributed by atoms with Crippen molar-refractivity contribution in [1.29, 1.82) is 0 Å². The molecule has 0 unspecified atom stereocenters. The van der Waals surface area contributed by atoms with Crippen LogP contribution in [0.25, 0.3) is 16.4 Å². The maximum atomic E-state index is 13.2. The van der Waals surface area contributed by atoms with Crippen molar-refractivity contribution in [2.45, 2.75) is 30.7 Å². The molecular weight excluding hydrogens is 452 g/mol. The highest BCUT2D eigenvalue weighted by atomic mass is 32.2. The summed E-state index contributed by atoms with van der Waals surface area (Å²) >= 11 is 3.40. The lowest BCUT2D eigenvalue weighted by atomic mass is 9.94. The number of hydrogen-bond acceptors (Lipinski definition) is 8. The molecule has 33 heavy (non-hydrogen) atoms. The smallest absolute Gasteiger partial charge is 0.226 e. The zero-order valence-corrected chi connectivity index (χ0v) is 20.4. The van der Waals surface area contributed by atoms with Gasteiger partial charge in [-0.15, -0.1) is 23.1 Å². The third-order valence-corrected chi connectivity index (χ3v) is 8.86. The summed E-state index contributed by atoms with van der Waals surface area (Å²) in [5, 5.41) is 6.88. The number of nitrogens with zero attached hydrogens (tertiary/aromatic N) is 5. The highest BCUT2D eigenvalue weighted by Crippen LogP contribution is 2.39. The number of aromatic nitrogens is 2. The minimum Gasteiger partial charge on any atom is -0.339 e.